The Kier molecular flexibility index (Phi) is 3.38. The van der Waals surface area contributed by atoms with Gasteiger partial charge in [-0.05, 0) is 41.1 Å². The van der Waals surface area contributed by atoms with E-state index in [1.54, 1.807) is 25.3 Å². The van der Waals surface area contributed by atoms with E-state index in [-0.39, 0.29) is 17.9 Å². The van der Waals surface area contributed by atoms with Crippen LogP contribution >= 0.6 is 15.9 Å². The number of halogens is 1. The highest BCUT2D eigenvalue weighted by Gasteiger charge is 2.10. The van der Waals surface area contributed by atoms with E-state index >= 15 is 0 Å². The highest BCUT2D eigenvalue weighted by Crippen LogP contribution is 2.12. The number of hydrogen-bond donors (Lipinski definition) is 1. The number of aromatic carboxylic acids is 1. The van der Waals surface area contributed by atoms with Crippen LogP contribution in [0.1, 0.15) is 21.9 Å². The van der Waals surface area contributed by atoms with Crippen LogP contribution in [0.4, 0.5) is 0 Å². The number of carbonyl (C=O) groups is 1. The standard InChI is InChI=1S/C12H10BrNO4/c1-7-4-8(13)5-14(11(7)15)6-9-2-3-10(18-9)12(16)17/h2-5H,6H2,1H3,(H,16,17). The molecule has 1 N–H and O–H groups in total. The van der Waals surface area contributed by atoms with Crippen LogP contribution < -0.4 is 5.56 Å². The lowest BCUT2D eigenvalue weighted by atomic mass is 10.3. The van der Waals surface area contributed by atoms with Gasteiger partial charge in [-0.3, -0.25) is 4.79 Å². The zero-order chi connectivity index (χ0) is 13.3. The van der Waals surface area contributed by atoms with Crippen LogP contribution in [-0.4, -0.2) is 15.6 Å². The molecule has 0 aromatic carbocycles. The SMILES string of the molecule is Cc1cc(Br)cn(Cc2ccc(C(=O)O)o2)c1=O. The summed E-state index contributed by atoms with van der Waals surface area (Å²) in [6.45, 7) is 1.92. The van der Waals surface area contributed by atoms with Crippen LogP contribution in [0.2, 0.25) is 0 Å². The fourth-order valence-electron chi connectivity index (χ4n) is 1.60. The largest absolute Gasteiger partial charge is 0.475 e. The maximum Gasteiger partial charge on any atom is 0.371 e. The summed E-state index contributed by atoms with van der Waals surface area (Å²) in [5.74, 6) is -0.837. The number of carboxylic acids is 1. The van der Waals surface area contributed by atoms with Gasteiger partial charge in [0.1, 0.15) is 5.76 Å². The fraction of sp³-hybridized carbons (Fsp3) is 0.167. The smallest absolute Gasteiger partial charge is 0.371 e. The summed E-state index contributed by atoms with van der Waals surface area (Å²) in [6.07, 6.45) is 1.64. The molecule has 2 heterocycles. The number of carboxylic acid groups (broad SMARTS) is 1. The first-order chi connectivity index (χ1) is 8.47. The molecule has 0 unspecified atom stereocenters. The summed E-state index contributed by atoms with van der Waals surface area (Å²) in [5, 5.41) is 8.74. The summed E-state index contributed by atoms with van der Waals surface area (Å²) in [6, 6.07) is 4.64. The summed E-state index contributed by atoms with van der Waals surface area (Å²) < 4.78 is 7.35. The van der Waals surface area contributed by atoms with Crippen LogP contribution in [0.15, 0.2) is 38.1 Å². The van der Waals surface area contributed by atoms with Crippen molar-refractivity contribution >= 4 is 21.9 Å². The molecule has 0 bridgehead atoms. The molecule has 0 radical (unpaired) electrons. The molecule has 0 atom stereocenters. The fourth-order valence-corrected chi connectivity index (χ4v) is 2.19. The Hall–Kier alpha value is -1.82. The molecule has 0 saturated carbocycles. The van der Waals surface area contributed by atoms with Gasteiger partial charge in [0.25, 0.3) is 5.56 Å². The molecule has 18 heavy (non-hydrogen) atoms. The zero-order valence-electron chi connectivity index (χ0n) is 9.51. The molecule has 0 spiro atoms. The summed E-state index contributed by atoms with van der Waals surface area (Å²) in [5.41, 5.74) is 0.473. The minimum Gasteiger partial charge on any atom is -0.475 e. The Bertz CT molecular complexity index is 656. The van der Waals surface area contributed by atoms with E-state index in [1.165, 1.54) is 10.6 Å². The maximum atomic E-state index is 11.9. The monoisotopic (exact) mass is 311 g/mol. The van der Waals surface area contributed by atoms with E-state index < -0.39 is 5.97 Å². The number of aromatic nitrogens is 1. The van der Waals surface area contributed by atoms with E-state index in [9.17, 15) is 9.59 Å². The van der Waals surface area contributed by atoms with Gasteiger partial charge in [0.15, 0.2) is 0 Å². The first-order valence-electron chi connectivity index (χ1n) is 5.16. The van der Waals surface area contributed by atoms with Crippen molar-refractivity contribution in [2.24, 2.45) is 0 Å². The van der Waals surface area contributed by atoms with Gasteiger partial charge in [-0.1, -0.05) is 0 Å². The Balaban J connectivity index is 2.34. The molecule has 94 valence electrons. The maximum absolute atomic E-state index is 11.9. The van der Waals surface area contributed by atoms with Crippen molar-refractivity contribution < 1.29 is 14.3 Å². The van der Waals surface area contributed by atoms with Gasteiger partial charge in [-0.2, -0.15) is 0 Å². The highest BCUT2D eigenvalue weighted by atomic mass is 79.9. The number of aryl methyl sites for hydroxylation is 1. The van der Waals surface area contributed by atoms with Crippen molar-refractivity contribution in [3.63, 3.8) is 0 Å². The Morgan fingerprint density at radius 3 is 2.83 bits per heavy atom. The summed E-state index contributed by atoms with van der Waals surface area (Å²) in [4.78, 5) is 22.5. The van der Waals surface area contributed by atoms with E-state index in [4.69, 9.17) is 9.52 Å². The van der Waals surface area contributed by atoms with Crippen LogP contribution in [0.3, 0.4) is 0 Å². The van der Waals surface area contributed by atoms with E-state index in [1.807, 2.05) is 0 Å². The van der Waals surface area contributed by atoms with Crippen LogP contribution in [0, 0.1) is 6.92 Å². The molecule has 6 heteroatoms. The van der Waals surface area contributed by atoms with E-state index in [2.05, 4.69) is 15.9 Å². The number of furan rings is 1. The Morgan fingerprint density at radius 2 is 2.22 bits per heavy atom. The highest BCUT2D eigenvalue weighted by molar-refractivity contribution is 9.10. The molecule has 2 aromatic heterocycles. The van der Waals surface area contributed by atoms with Crippen molar-refractivity contribution in [2.45, 2.75) is 13.5 Å². The summed E-state index contributed by atoms with van der Waals surface area (Å²) in [7, 11) is 0. The third-order valence-electron chi connectivity index (χ3n) is 2.43. The number of hydrogen-bond acceptors (Lipinski definition) is 3. The van der Waals surface area contributed by atoms with Gasteiger partial charge < -0.3 is 14.1 Å². The summed E-state index contributed by atoms with van der Waals surface area (Å²) >= 11 is 3.30. The second-order valence-corrected chi connectivity index (χ2v) is 4.76. The molecule has 0 aliphatic carbocycles. The van der Waals surface area contributed by atoms with Crippen molar-refractivity contribution in [3.8, 4) is 0 Å². The molecule has 5 nitrogen and oxygen atoms in total. The molecule has 2 rings (SSSR count). The minimum absolute atomic E-state index is 0.133. The van der Waals surface area contributed by atoms with Gasteiger partial charge in [0.2, 0.25) is 5.76 Å². The molecular weight excluding hydrogens is 302 g/mol. The Labute approximate surface area is 111 Å². The molecule has 0 fully saturated rings. The third-order valence-corrected chi connectivity index (χ3v) is 2.86. The predicted octanol–water partition coefficient (Wildman–Crippen LogP) is 2.26. The lowest BCUT2D eigenvalue weighted by Crippen LogP contribution is -2.21. The lowest BCUT2D eigenvalue weighted by molar-refractivity contribution is 0.0660. The van der Waals surface area contributed by atoms with Crippen LogP contribution in [-0.2, 0) is 6.54 Å². The predicted molar refractivity (Wildman–Crippen MR) is 67.9 cm³/mol. The van der Waals surface area contributed by atoms with Crippen molar-refractivity contribution in [3.05, 3.63) is 56.3 Å². The van der Waals surface area contributed by atoms with Gasteiger partial charge in [-0.25, -0.2) is 4.79 Å². The van der Waals surface area contributed by atoms with Gasteiger partial charge in [0, 0.05) is 16.2 Å². The molecule has 0 aliphatic heterocycles. The molecular formula is C12H10BrNO4. The minimum atomic E-state index is -1.13. The first-order valence-corrected chi connectivity index (χ1v) is 5.95. The van der Waals surface area contributed by atoms with Crippen molar-refractivity contribution in [1.29, 1.82) is 0 Å². The topological polar surface area (TPSA) is 72.4 Å². The average Bonchev–Trinajstić information content (AvgIpc) is 2.74. The lowest BCUT2D eigenvalue weighted by Gasteiger charge is -2.05. The molecule has 2 aromatic rings. The second-order valence-electron chi connectivity index (χ2n) is 3.85. The molecule has 0 amide bonds. The third kappa shape index (κ3) is 2.53. The zero-order valence-corrected chi connectivity index (χ0v) is 11.1. The number of nitrogens with zero attached hydrogens (tertiary/aromatic N) is 1. The molecule has 0 saturated heterocycles. The normalized spacial score (nSPS) is 10.6. The van der Waals surface area contributed by atoms with Crippen molar-refractivity contribution in [2.75, 3.05) is 0 Å². The Morgan fingerprint density at radius 1 is 1.50 bits per heavy atom. The second kappa shape index (κ2) is 4.81. The van der Waals surface area contributed by atoms with E-state index in [0.717, 1.165) is 4.47 Å². The van der Waals surface area contributed by atoms with Crippen LogP contribution in [0.25, 0.3) is 0 Å². The van der Waals surface area contributed by atoms with Gasteiger partial charge >= 0.3 is 5.97 Å². The van der Waals surface area contributed by atoms with Gasteiger partial charge in [-0.15, -0.1) is 0 Å². The average molecular weight is 312 g/mol. The first kappa shape index (κ1) is 12.6. The van der Waals surface area contributed by atoms with Crippen LogP contribution in [0.5, 0.6) is 0 Å². The van der Waals surface area contributed by atoms with Crippen molar-refractivity contribution in [1.82, 2.24) is 4.57 Å². The van der Waals surface area contributed by atoms with E-state index in [0.29, 0.717) is 11.3 Å². The quantitative estimate of drug-likeness (QED) is 0.943. The number of pyridine rings is 1. The molecule has 0 aliphatic rings. The number of rotatable bonds is 3. The van der Waals surface area contributed by atoms with Gasteiger partial charge in [0.05, 0.1) is 6.54 Å².